The summed E-state index contributed by atoms with van der Waals surface area (Å²) in [6.07, 6.45) is -1.55. The third kappa shape index (κ3) is 4.81. The Morgan fingerprint density at radius 2 is 2.00 bits per heavy atom. The number of esters is 1. The van der Waals surface area contributed by atoms with Crippen LogP contribution < -0.4 is 0 Å². The smallest absolute Gasteiger partial charge is 0.453 e. The number of rotatable bonds is 8. The lowest BCUT2D eigenvalue weighted by atomic mass is 9.91. The van der Waals surface area contributed by atoms with Crippen LogP contribution in [-0.2, 0) is 32.6 Å². The summed E-state index contributed by atoms with van der Waals surface area (Å²) in [5.74, 6) is -0.411. The molecule has 0 radical (unpaired) electrons. The number of fused-ring (bicyclic) bond motifs is 2. The molecule has 2 unspecified atom stereocenters. The minimum Gasteiger partial charge on any atom is -0.453 e. The van der Waals surface area contributed by atoms with Crippen molar-refractivity contribution in [3.63, 3.8) is 0 Å². The Morgan fingerprint density at radius 3 is 2.56 bits per heavy atom. The predicted molar refractivity (Wildman–Crippen MR) is 89.0 cm³/mol. The van der Waals surface area contributed by atoms with Gasteiger partial charge in [0.25, 0.3) is 0 Å². The summed E-state index contributed by atoms with van der Waals surface area (Å²) in [6.45, 7) is 9.09. The van der Waals surface area contributed by atoms with Gasteiger partial charge in [-0.3, -0.25) is 13.8 Å². The van der Waals surface area contributed by atoms with Gasteiger partial charge >= 0.3 is 13.8 Å². The average Bonchev–Trinajstić information content (AvgIpc) is 2.62. The van der Waals surface area contributed by atoms with Crippen molar-refractivity contribution in [2.24, 2.45) is 0 Å². The predicted octanol–water partition coefficient (Wildman–Crippen LogP) is 2.58. The van der Waals surface area contributed by atoms with Crippen LogP contribution in [0.25, 0.3) is 0 Å². The molecule has 1 aliphatic heterocycles. The van der Waals surface area contributed by atoms with Gasteiger partial charge in [-0.2, -0.15) is 0 Å². The van der Waals surface area contributed by atoms with Crippen LogP contribution >= 0.6 is 7.82 Å². The molecule has 1 saturated carbocycles. The highest BCUT2D eigenvalue weighted by Gasteiger charge is 2.64. The van der Waals surface area contributed by atoms with Gasteiger partial charge in [0, 0.05) is 19.3 Å². The fraction of sp³-hybridized carbons (Fsp3) is 0.938. The van der Waals surface area contributed by atoms with Crippen molar-refractivity contribution in [1.82, 2.24) is 0 Å². The first-order valence-electron chi connectivity index (χ1n) is 8.78. The van der Waals surface area contributed by atoms with E-state index in [1.807, 2.05) is 13.8 Å². The molecule has 2 bridgehead atoms. The Bertz CT molecular complexity index is 522. The van der Waals surface area contributed by atoms with Crippen LogP contribution in [0.2, 0.25) is 0 Å². The van der Waals surface area contributed by atoms with Gasteiger partial charge in [0.2, 0.25) is 0 Å². The standard InChI is InChI=1S/C16H29O8P/c1-6-14(17)22-16-7-8-20-12(9-13(16)21-10(2)3)15(16)24-25(18,19)23-11(4)5/h10-13,15H,6-9H2,1-5H3,(H,18,19)/t12-,13-,15?,16+/m1/s1. The summed E-state index contributed by atoms with van der Waals surface area (Å²) in [5, 5.41) is 0. The molecule has 1 N–H and O–H groups in total. The van der Waals surface area contributed by atoms with Crippen LogP contribution in [0.15, 0.2) is 0 Å². The Hall–Kier alpha value is -0.500. The normalized spacial score (nSPS) is 34.3. The lowest BCUT2D eigenvalue weighted by Gasteiger charge is -2.42. The van der Waals surface area contributed by atoms with E-state index >= 15 is 0 Å². The molecule has 9 heteroatoms. The zero-order valence-electron chi connectivity index (χ0n) is 15.5. The van der Waals surface area contributed by atoms with Gasteiger partial charge in [0.05, 0.1) is 24.9 Å². The first kappa shape index (κ1) is 20.8. The van der Waals surface area contributed by atoms with E-state index in [1.54, 1.807) is 20.8 Å². The summed E-state index contributed by atoms with van der Waals surface area (Å²) in [4.78, 5) is 22.1. The fourth-order valence-corrected chi connectivity index (χ4v) is 4.59. The Morgan fingerprint density at radius 1 is 1.32 bits per heavy atom. The topological polar surface area (TPSA) is 101 Å². The number of carbonyl (C=O) groups excluding carboxylic acids is 1. The lowest BCUT2D eigenvalue weighted by Crippen LogP contribution is -2.57. The van der Waals surface area contributed by atoms with Crippen molar-refractivity contribution in [2.75, 3.05) is 6.61 Å². The molecule has 25 heavy (non-hydrogen) atoms. The number of phosphoric acid groups is 1. The van der Waals surface area contributed by atoms with Crippen LogP contribution in [0, 0.1) is 0 Å². The first-order chi connectivity index (χ1) is 11.6. The Balaban J connectivity index is 2.31. The molecule has 0 amide bonds. The maximum atomic E-state index is 12.3. The van der Waals surface area contributed by atoms with Gasteiger partial charge in [-0.25, -0.2) is 4.57 Å². The van der Waals surface area contributed by atoms with Crippen molar-refractivity contribution >= 4 is 13.8 Å². The van der Waals surface area contributed by atoms with Crippen LogP contribution in [0.5, 0.6) is 0 Å². The maximum Gasteiger partial charge on any atom is 0.472 e. The number of hydrogen-bond donors (Lipinski definition) is 1. The molecule has 0 aromatic rings. The summed E-state index contributed by atoms with van der Waals surface area (Å²) in [6, 6.07) is 0. The molecule has 2 rings (SSSR count). The molecule has 1 heterocycles. The van der Waals surface area contributed by atoms with Crippen LogP contribution in [0.3, 0.4) is 0 Å². The highest BCUT2D eigenvalue weighted by molar-refractivity contribution is 7.47. The first-order valence-corrected chi connectivity index (χ1v) is 10.3. The van der Waals surface area contributed by atoms with Gasteiger partial charge in [0.1, 0.15) is 12.2 Å². The van der Waals surface area contributed by atoms with Gasteiger partial charge < -0.3 is 19.1 Å². The molecular weight excluding hydrogens is 351 g/mol. The van der Waals surface area contributed by atoms with Gasteiger partial charge in [-0.05, 0) is 27.7 Å². The van der Waals surface area contributed by atoms with Gasteiger partial charge in [-0.15, -0.1) is 0 Å². The molecular formula is C16H29O8P. The second kappa shape index (κ2) is 8.03. The molecule has 0 spiro atoms. The van der Waals surface area contributed by atoms with E-state index in [0.717, 1.165) is 0 Å². The number of ether oxygens (including phenoxy) is 3. The van der Waals surface area contributed by atoms with Crippen molar-refractivity contribution < 1.29 is 37.5 Å². The Labute approximate surface area is 148 Å². The molecule has 0 aromatic heterocycles. The molecule has 5 atom stereocenters. The zero-order chi connectivity index (χ0) is 18.8. The van der Waals surface area contributed by atoms with Crippen molar-refractivity contribution in [3.8, 4) is 0 Å². The zero-order valence-corrected chi connectivity index (χ0v) is 16.4. The van der Waals surface area contributed by atoms with Crippen molar-refractivity contribution in [3.05, 3.63) is 0 Å². The Kier molecular flexibility index (Phi) is 6.68. The summed E-state index contributed by atoms with van der Waals surface area (Å²) in [7, 11) is -4.33. The second-order valence-corrected chi connectivity index (χ2v) is 8.36. The highest BCUT2D eigenvalue weighted by Crippen LogP contribution is 2.54. The minimum atomic E-state index is -4.33. The van der Waals surface area contributed by atoms with Gasteiger partial charge in [0.15, 0.2) is 5.60 Å². The van der Waals surface area contributed by atoms with E-state index < -0.39 is 43.8 Å². The molecule has 2 fully saturated rings. The molecule has 0 aromatic carbocycles. The van der Waals surface area contributed by atoms with Crippen LogP contribution in [-0.4, -0.2) is 53.6 Å². The van der Waals surface area contributed by atoms with E-state index in [-0.39, 0.29) is 12.5 Å². The fourth-order valence-electron chi connectivity index (χ4n) is 3.41. The lowest BCUT2D eigenvalue weighted by molar-refractivity contribution is -0.213. The molecule has 1 saturated heterocycles. The van der Waals surface area contributed by atoms with E-state index in [2.05, 4.69) is 0 Å². The van der Waals surface area contributed by atoms with Crippen LogP contribution in [0.1, 0.15) is 53.9 Å². The molecule has 1 aliphatic carbocycles. The second-order valence-electron chi connectivity index (χ2n) is 7.00. The number of phosphoric ester groups is 1. The summed E-state index contributed by atoms with van der Waals surface area (Å²) >= 11 is 0. The largest absolute Gasteiger partial charge is 0.472 e. The van der Waals surface area contributed by atoms with E-state index in [4.69, 9.17) is 23.3 Å². The van der Waals surface area contributed by atoms with Crippen molar-refractivity contribution in [1.29, 1.82) is 0 Å². The number of carbonyl (C=O) groups is 1. The van der Waals surface area contributed by atoms with E-state index in [1.165, 1.54) is 0 Å². The number of hydrogen-bond acceptors (Lipinski definition) is 7. The summed E-state index contributed by atoms with van der Waals surface area (Å²) in [5.41, 5.74) is -1.15. The van der Waals surface area contributed by atoms with E-state index in [9.17, 15) is 14.3 Å². The summed E-state index contributed by atoms with van der Waals surface area (Å²) < 4.78 is 40.2. The maximum absolute atomic E-state index is 12.3. The van der Waals surface area contributed by atoms with Crippen molar-refractivity contribution in [2.45, 2.75) is 90.0 Å². The average molecular weight is 380 g/mol. The molecule has 146 valence electrons. The van der Waals surface area contributed by atoms with Gasteiger partial charge in [-0.1, -0.05) is 6.92 Å². The SMILES string of the molecule is CCC(=O)O[C@@]12CCO[C@H](C[C@H]1OC(C)C)C2OP(=O)(O)OC(C)C. The molecule has 2 aliphatic rings. The van der Waals surface area contributed by atoms with Crippen LogP contribution in [0.4, 0.5) is 0 Å². The third-order valence-electron chi connectivity index (χ3n) is 4.26. The highest BCUT2D eigenvalue weighted by atomic mass is 31.2. The quantitative estimate of drug-likeness (QED) is 0.507. The van der Waals surface area contributed by atoms with E-state index in [0.29, 0.717) is 19.4 Å². The molecule has 8 nitrogen and oxygen atoms in total. The minimum absolute atomic E-state index is 0.102. The third-order valence-corrected chi connectivity index (χ3v) is 5.44. The monoisotopic (exact) mass is 380 g/mol.